The molecule has 0 saturated heterocycles. The van der Waals surface area contributed by atoms with Crippen molar-refractivity contribution in [1.29, 1.82) is 0 Å². The highest BCUT2D eigenvalue weighted by molar-refractivity contribution is 9.10. The van der Waals surface area contributed by atoms with E-state index in [0.717, 1.165) is 10.0 Å². The first-order chi connectivity index (χ1) is 8.24. The summed E-state index contributed by atoms with van der Waals surface area (Å²) in [6.07, 6.45) is -0.477. The third-order valence-electron chi connectivity index (χ3n) is 3.08. The van der Waals surface area contributed by atoms with Crippen molar-refractivity contribution in [2.45, 2.75) is 39.0 Å². The van der Waals surface area contributed by atoms with E-state index in [1.54, 1.807) is 25.1 Å². The summed E-state index contributed by atoms with van der Waals surface area (Å²) < 4.78 is 0.747. The lowest BCUT2D eigenvalue weighted by Crippen LogP contribution is -2.47. The lowest BCUT2D eigenvalue weighted by atomic mass is 9.98. The Balaban J connectivity index is 2.78. The third kappa shape index (κ3) is 3.80. The van der Waals surface area contributed by atoms with Gasteiger partial charge in [0.1, 0.15) is 0 Å². The molecule has 100 valence electrons. The van der Waals surface area contributed by atoms with Crippen molar-refractivity contribution in [3.05, 3.63) is 33.8 Å². The zero-order chi connectivity index (χ0) is 13.9. The minimum Gasteiger partial charge on any atom is -0.478 e. The summed E-state index contributed by atoms with van der Waals surface area (Å²) in [6.45, 7) is 6.11. The first kappa shape index (κ1) is 15.1. The minimum atomic E-state index is -0.945. The van der Waals surface area contributed by atoms with Gasteiger partial charge in [-0.2, -0.15) is 0 Å². The zero-order valence-corrected chi connectivity index (χ0v) is 12.3. The zero-order valence-electron chi connectivity index (χ0n) is 10.7. The van der Waals surface area contributed by atoms with Crippen molar-refractivity contribution in [3.8, 4) is 0 Å². The highest BCUT2D eigenvalue weighted by Gasteiger charge is 2.23. The number of hydrogen-bond acceptors (Lipinski definition) is 3. The summed E-state index contributed by atoms with van der Waals surface area (Å²) in [5.74, 6) is -0.945. The van der Waals surface area contributed by atoms with Gasteiger partial charge in [0.2, 0.25) is 0 Å². The molecule has 0 aliphatic heterocycles. The summed E-state index contributed by atoms with van der Waals surface area (Å²) in [4.78, 5) is 10.8. The molecule has 0 amide bonds. The van der Waals surface area contributed by atoms with Crippen molar-refractivity contribution in [3.63, 3.8) is 0 Å². The van der Waals surface area contributed by atoms with E-state index in [0.29, 0.717) is 6.54 Å². The molecule has 0 radical (unpaired) electrons. The Labute approximate surface area is 115 Å². The minimum absolute atomic E-state index is 0.250. The second-order valence-corrected chi connectivity index (χ2v) is 5.72. The molecule has 0 aliphatic carbocycles. The maximum atomic E-state index is 10.8. The topological polar surface area (TPSA) is 69.6 Å². The molecule has 1 atom stereocenters. The molecular formula is C13H18BrNO3. The van der Waals surface area contributed by atoms with E-state index in [-0.39, 0.29) is 5.56 Å². The molecule has 0 spiro atoms. The smallest absolute Gasteiger partial charge is 0.335 e. The number of rotatable bonds is 5. The Bertz CT molecular complexity index is 444. The van der Waals surface area contributed by atoms with E-state index >= 15 is 0 Å². The van der Waals surface area contributed by atoms with Crippen molar-refractivity contribution < 1.29 is 15.0 Å². The Morgan fingerprint density at radius 2 is 2.11 bits per heavy atom. The third-order valence-corrected chi connectivity index (χ3v) is 3.82. The second kappa shape index (κ2) is 5.82. The predicted octanol–water partition coefficient (Wildman–Crippen LogP) is 2.40. The fourth-order valence-corrected chi connectivity index (χ4v) is 1.81. The number of nitrogens with one attached hydrogen (secondary N) is 1. The molecule has 4 nitrogen and oxygen atoms in total. The maximum Gasteiger partial charge on any atom is 0.335 e. The standard InChI is InChI=1S/C13H18BrNO3/c1-8(16)13(2,3)15-7-10-5-4-9(12(17)18)6-11(10)14/h4-6,8,15-16H,7H2,1-3H3,(H,17,18). The molecule has 1 rings (SSSR count). The molecule has 5 heteroatoms. The van der Waals surface area contributed by atoms with E-state index in [1.165, 1.54) is 0 Å². The lowest BCUT2D eigenvalue weighted by molar-refractivity contribution is 0.0697. The Morgan fingerprint density at radius 1 is 1.50 bits per heavy atom. The van der Waals surface area contributed by atoms with E-state index in [2.05, 4.69) is 21.2 Å². The van der Waals surface area contributed by atoms with Crippen LogP contribution in [0.5, 0.6) is 0 Å². The summed E-state index contributed by atoms with van der Waals surface area (Å²) >= 11 is 3.35. The molecule has 0 aromatic heterocycles. The summed E-state index contributed by atoms with van der Waals surface area (Å²) in [6, 6.07) is 4.91. The van der Waals surface area contributed by atoms with Gasteiger partial charge in [-0.25, -0.2) is 4.79 Å². The molecule has 18 heavy (non-hydrogen) atoms. The van der Waals surface area contributed by atoms with Crippen molar-refractivity contribution in [1.82, 2.24) is 5.32 Å². The predicted molar refractivity (Wildman–Crippen MR) is 73.7 cm³/mol. The van der Waals surface area contributed by atoms with Gasteiger partial charge < -0.3 is 15.5 Å². The average molecular weight is 316 g/mol. The van der Waals surface area contributed by atoms with Gasteiger partial charge in [0.15, 0.2) is 0 Å². The number of aromatic carboxylic acids is 1. The number of halogens is 1. The van der Waals surface area contributed by atoms with Crippen molar-refractivity contribution in [2.75, 3.05) is 0 Å². The molecular weight excluding hydrogens is 298 g/mol. The fourth-order valence-electron chi connectivity index (χ4n) is 1.29. The van der Waals surface area contributed by atoms with Gasteiger partial charge in [0, 0.05) is 16.6 Å². The van der Waals surface area contributed by atoms with Crippen LogP contribution in [0, 0.1) is 0 Å². The molecule has 1 unspecified atom stereocenters. The Kier molecular flexibility index (Phi) is 4.90. The molecule has 0 heterocycles. The molecule has 1 aromatic rings. The van der Waals surface area contributed by atoms with E-state index in [1.807, 2.05) is 13.8 Å². The number of aliphatic hydroxyl groups excluding tert-OH is 1. The van der Waals surface area contributed by atoms with Crippen LogP contribution in [-0.4, -0.2) is 27.8 Å². The molecule has 3 N–H and O–H groups in total. The molecule has 1 aromatic carbocycles. The highest BCUT2D eigenvalue weighted by Crippen LogP contribution is 2.20. The second-order valence-electron chi connectivity index (χ2n) is 4.86. The number of carbonyl (C=O) groups is 1. The Hall–Kier alpha value is -0.910. The van der Waals surface area contributed by atoms with Crippen LogP contribution in [0.4, 0.5) is 0 Å². The first-order valence-electron chi connectivity index (χ1n) is 5.69. The lowest BCUT2D eigenvalue weighted by Gasteiger charge is -2.29. The molecule has 0 aliphatic rings. The highest BCUT2D eigenvalue weighted by atomic mass is 79.9. The van der Waals surface area contributed by atoms with Crippen LogP contribution in [0.25, 0.3) is 0 Å². The van der Waals surface area contributed by atoms with E-state index < -0.39 is 17.6 Å². The van der Waals surface area contributed by atoms with E-state index in [4.69, 9.17) is 5.11 Å². The maximum absolute atomic E-state index is 10.8. The molecule has 0 bridgehead atoms. The number of benzene rings is 1. The Morgan fingerprint density at radius 3 is 2.56 bits per heavy atom. The summed E-state index contributed by atoms with van der Waals surface area (Å²) in [7, 11) is 0. The van der Waals surface area contributed by atoms with Crippen LogP contribution in [0.3, 0.4) is 0 Å². The van der Waals surface area contributed by atoms with Gasteiger partial charge in [-0.05, 0) is 38.5 Å². The monoisotopic (exact) mass is 315 g/mol. The number of aliphatic hydroxyl groups is 1. The van der Waals surface area contributed by atoms with Crippen LogP contribution >= 0.6 is 15.9 Å². The largest absolute Gasteiger partial charge is 0.478 e. The van der Waals surface area contributed by atoms with E-state index in [9.17, 15) is 9.90 Å². The van der Waals surface area contributed by atoms with Gasteiger partial charge in [-0.1, -0.05) is 22.0 Å². The number of carboxylic acids is 1. The normalized spacial score (nSPS) is 13.4. The van der Waals surface area contributed by atoms with Gasteiger partial charge in [-0.15, -0.1) is 0 Å². The first-order valence-corrected chi connectivity index (χ1v) is 6.48. The van der Waals surface area contributed by atoms with Crippen molar-refractivity contribution >= 4 is 21.9 Å². The number of carboxylic acid groups (broad SMARTS) is 1. The van der Waals surface area contributed by atoms with Crippen LogP contribution in [0.2, 0.25) is 0 Å². The van der Waals surface area contributed by atoms with Crippen LogP contribution in [0.15, 0.2) is 22.7 Å². The van der Waals surface area contributed by atoms with Crippen LogP contribution in [0.1, 0.15) is 36.7 Å². The van der Waals surface area contributed by atoms with Crippen molar-refractivity contribution in [2.24, 2.45) is 0 Å². The average Bonchev–Trinajstić information content (AvgIpc) is 2.26. The van der Waals surface area contributed by atoms with Gasteiger partial charge >= 0.3 is 5.97 Å². The molecule has 0 saturated carbocycles. The van der Waals surface area contributed by atoms with Gasteiger partial charge in [0.25, 0.3) is 0 Å². The summed E-state index contributed by atoms with van der Waals surface area (Å²) in [5, 5.41) is 21.7. The van der Waals surface area contributed by atoms with Gasteiger partial charge in [-0.3, -0.25) is 0 Å². The SMILES string of the molecule is CC(O)C(C)(C)NCc1ccc(C(=O)O)cc1Br. The molecule has 0 fully saturated rings. The fraction of sp³-hybridized carbons (Fsp3) is 0.462. The van der Waals surface area contributed by atoms with Crippen LogP contribution in [-0.2, 0) is 6.54 Å². The van der Waals surface area contributed by atoms with Crippen LogP contribution < -0.4 is 5.32 Å². The number of hydrogen-bond donors (Lipinski definition) is 3. The quantitative estimate of drug-likeness (QED) is 0.780. The van der Waals surface area contributed by atoms with Gasteiger partial charge in [0.05, 0.1) is 11.7 Å². The summed E-state index contributed by atoms with van der Waals surface area (Å²) in [5.41, 5.74) is 0.805.